The van der Waals surface area contributed by atoms with E-state index in [1.165, 1.54) is 39.6 Å². The van der Waals surface area contributed by atoms with E-state index in [2.05, 4.69) is 17.1 Å². The fourth-order valence-corrected chi connectivity index (χ4v) is 5.27. The van der Waals surface area contributed by atoms with Gasteiger partial charge >= 0.3 is 0 Å². The molecular weight excluding hydrogens is 437 g/mol. The van der Waals surface area contributed by atoms with Crippen LogP contribution < -0.4 is 5.56 Å². The number of amides is 1. The SMILES string of the molecule is CCC(Sc1nc(C)c(Cc2ccc(F)cc2)c(=O)n1C)C(=O)N1CCc2ccccc2C1. The molecule has 172 valence electrons. The Morgan fingerprint density at radius 3 is 2.55 bits per heavy atom. The number of hydrogen-bond acceptors (Lipinski definition) is 4. The third kappa shape index (κ3) is 5.03. The van der Waals surface area contributed by atoms with Crippen LogP contribution in [0.4, 0.5) is 4.39 Å². The average Bonchev–Trinajstić information content (AvgIpc) is 2.83. The van der Waals surface area contributed by atoms with Crippen molar-refractivity contribution in [1.82, 2.24) is 14.5 Å². The van der Waals surface area contributed by atoms with Gasteiger partial charge in [-0.1, -0.05) is 55.1 Å². The zero-order chi connectivity index (χ0) is 23.5. The Labute approximate surface area is 197 Å². The fraction of sp³-hybridized carbons (Fsp3) is 0.346. The topological polar surface area (TPSA) is 55.2 Å². The van der Waals surface area contributed by atoms with Crippen molar-refractivity contribution in [3.8, 4) is 0 Å². The molecule has 0 saturated carbocycles. The van der Waals surface area contributed by atoms with E-state index in [1.54, 1.807) is 19.2 Å². The smallest absolute Gasteiger partial charge is 0.257 e. The number of carbonyl (C=O) groups is 1. The highest BCUT2D eigenvalue weighted by atomic mass is 32.2. The van der Waals surface area contributed by atoms with Gasteiger partial charge in [-0.05, 0) is 48.6 Å². The van der Waals surface area contributed by atoms with Crippen molar-refractivity contribution in [2.45, 2.75) is 50.1 Å². The number of rotatable bonds is 6. The van der Waals surface area contributed by atoms with E-state index in [9.17, 15) is 14.0 Å². The van der Waals surface area contributed by atoms with Gasteiger partial charge in [0.15, 0.2) is 5.16 Å². The maximum atomic E-state index is 13.3. The highest BCUT2D eigenvalue weighted by Crippen LogP contribution is 2.28. The molecule has 7 heteroatoms. The lowest BCUT2D eigenvalue weighted by Gasteiger charge is -2.31. The van der Waals surface area contributed by atoms with E-state index in [1.807, 2.05) is 30.9 Å². The number of benzene rings is 2. The lowest BCUT2D eigenvalue weighted by Crippen LogP contribution is -2.41. The first-order valence-corrected chi connectivity index (χ1v) is 12.1. The summed E-state index contributed by atoms with van der Waals surface area (Å²) < 4.78 is 14.7. The maximum absolute atomic E-state index is 13.3. The van der Waals surface area contributed by atoms with E-state index in [4.69, 9.17) is 0 Å². The molecule has 3 aromatic rings. The second-order valence-corrected chi connectivity index (χ2v) is 9.59. The summed E-state index contributed by atoms with van der Waals surface area (Å²) in [5.41, 5.74) is 4.44. The molecule has 4 rings (SSSR count). The molecule has 0 N–H and O–H groups in total. The minimum Gasteiger partial charge on any atom is -0.337 e. The molecule has 1 aliphatic heterocycles. The van der Waals surface area contributed by atoms with Crippen LogP contribution >= 0.6 is 11.8 Å². The van der Waals surface area contributed by atoms with Crippen LogP contribution in [0.5, 0.6) is 0 Å². The summed E-state index contributed by atoms with van der Waals surface area (Å²) in [6.07, 6.45) is 1.89. The first-order valence-electron chi connectivity index (χ1n) is 11.2. The van der Waals surface area contributed by atoms with Crippen LogP contribution in [0, 0.1) is 12.7 Å². The minimum absolute atomic E-state index is 0.0827. The standard InChI is InChI=1S/C26H28FN3O2S/c1-4-23(25(32)30-14-13-19-7-5-6-8-20(19)16-30)33-26-28-17(2)22(24(31)29(26)3)15-18-9-11-21(27)12-10-18/h5-12,23H,4,13-16H2,1-3H3. The normalized spacial score (nSPS) is 14.1. The first kappa shape index (κ1) is 23.2. The third-order valence-electron chi connectivity index (χ3n) is 6.18. The second kappa shape index (κ2) is 9.91. The van der Waals surface area contributed by atoms with E-state index < -0.39 is 0 Å². The molecule has 5 nitrogen and oxygen atoms in total. The van der Waals surface area contributed by atoms with Gasteiger partial charge in [-0.3, -0.25) is 14.2 Å². The van der Waals surface area contributed by atoms with Gasteiger partial charge in [0, 0.05) is 37.8 Å². The van der Waals surface area contributed by atoms with Crippen molar-refractivity contribution in [3.05, 3.63) is 92.6 Å². The number of aryl methyl sites for hydroxylation is 1. The van der Waals surface area contributed by atoms with Crippen molar-refractivity contribution >= 4 is 17.7 Å². The van der Waals surface area contributed by atoms with Crippen molar-refractivity contribution in [2.75, 3.05) is 6.54 Å². The molecule has 1 aliphatic rings. The molecule has 2 aromatic carbocycles. The largest absolute Gasteiger partial charge is 0.337 e. The molecule has 0 radical (unpaired) electrons. The van der Waals surface area contributed by atoms with E-state index in [0.717, 1.165) is 12.0 Å². The van der Waals surface area contributed by atoms with E-state index in [0.29, 0.717) is 42.3 Å². The van der Waals surface area contributed by atoms with Crippen molar-refractivity contribution in [2.24, 2.45) is 7.05 Å². The number of fused-ring (bicyclic) bond motifs is 1. The molecule has 0 spiro atoms. The Balaban J connectivity index is 1.53. The molecule has 1 atom stereocenters. The van der Waals surface area contributed by atoms with Crippen LogP contribution in [0.1, 0.15) is 41.3 Å². The number of carbonyl (C=O) groups excluding carboxylic acids is 1. The van der Waals surface area contributed by atoms with Gasteiger partial charge in [0.25, 0.3) is 5.56 Å². The second-order valence-electron chi connectivity index (χ2n) is 8.42. The highest BCUT2D eigenvalue weighted by molar-refractivity contribution is 8.00. The molecule has 1 amide bonds. The number of thioether (sulfide) groups is 1. The van der Waals surface area contributed by atoms with E-state index >= 15 is 0 Å². The summed E-state index contributed by atoms with van der Waals surface area (Å²) in [6, 6.07) is 14.4. The molecule has 0 fully saturated rings. The Morgan fingerprint density at radius 2 is 1.85 bits per heavy atom. The number of nitrogens with zero attached hydrogens (tertiary/aromatic N) is 3. The van der Waals surface area contributed by atoms with Crippen LogP contribution in [-0.4, -0.2) is 32.2 Å². The van der Waals surface area contributed by atoms with Crippen LogP contribution in [0.15, 0.2) is 58.5 Å². The van der Waals surface area contributed by atoms with E-state index in [-0.39, 0.29) is 22.5 Å². The number of aromatic nitrogens is 2. The predicted molar refractivity (Wildman–Crippen MR) is 129 cm³/mol. The molecule has 2 heterocycles. The zero-order valence-corrected chi connectivity index (χ0v) is 20.0. The van der Waals surface area contributed by atoms with Gasteiger partial charge in [0.1, 0.15) is 5.82 Å². The van der Waals surface area contributed by atoms with Crippen LogP contribution in [0.2, 0.25) is 0 Å². The summed E-state index contributed by atoms with van der Waals surface area (Å²) in [5, 5.41) is 0.230. The van der Waals surface area contributed by atoms with Gasteiger partial charge in [-0.15, -0.1) is 0 Å². The Hall–Kier alpha value is -2.93. The maximum Gasteiger partial charge on any atom is 0.257 e. The van der Waals surface area contributed by atoms with Gasteiger partial charge in [-0.2, -0.15) is 0 Å². The van der Waals surface area contributed by atoms with Gasteiger partial charge < -0.3 is 4.90 Å². The number of hydrogen-bond donors (Lipinski definition) is 0. The van der Waals surface area contributed by atoms with Gasteiger partial charge in [0.05, 0.1) is 5.25 Å². The Bertz CT molecular complexity index is 1220. The van der Waals surface area contributed by atoms with Crippen LogP contribution in [-0.2, 0) is 31.2 Å². The summed E-state index contributed by atoms with van der Waals surface area (Å²) >= 11 is 1.35. The molecule has 1 unspecified atom stereocenters. The van der Waals surface area contributed by atoms with Crippen molar-refractivity contribution in [3.63, 3.8) is 0 Å². The lowest BCUT2D eigenvalue weighted by atomic mass is 9.99. The Morgan fingerprint density at radius 1 is 1.15 bits per heavy atom. The van der Waals surface area contributed by atoms with Crippen molar-refractivity contribution in [1.29, 1.82) is 0 Å². The quantitative estimate of drug-likeness (QED) is 0.403. The fourth-order valence-electron chi connectivity index (χ4n) is 4.17. The van der Waals surface area contributed by atoms with Gasteiger partial charge in [-0.25, -0.2) is 9.37 Å². The summed E-state index contributed by atoms with van der Waals surface area (Å²) in [5.74, 6) is -0.222. The molecule has 1 aromatic heterocycles. The first-order chi connectivity index (χ1) is 15.9. The third-order valence-corrected chi connectivity index (χ3v) is 7.58. The summed E-state index contributed by atoms with van der Waals surface area (Å²) in [4.78, 5) is 33.0. The predicted octanol–water partition coefficient (Wildman–Crippen LogP) is 4.27. The molecule has 0 saturated heterocycles. The molecule has 33 heavy (non-hydrogen) atoms. The average molecular weight is 466 g/mol. The zero-order valence-electron chi connectivity index (χ0n) is 19.2. The monoisotopic (exact) mass is 465 g/mol. The Kier molecular flexibility index (Phi) is 6.98. The highest BCUT2D eigenvalue weighted by Gasteiger charge is 2.28. The van der Waals surface area contributed by atoms with Crippen LogP contribution in [0.25, 0.3) is 0 Å². The minimum atomic E-state index is -0.310. The van der Waals surface area contributed by atoms with Crippen LogP contribution in [0.3, 0.4) is 0 Å². The number of halogens is 1. The molecule has 0 aliphatic carbocycles. The molecule has 0 bridgehead atoms. The molecular formula is C26H28FN3O2S. The lowest BCUT2D eigenvalue weighted by molar-refractivity contribution is -0.131. The van der Waals surface area contributed by atoms with Gasteiger partial charge in [0.2, 0.25) is 5.91 Å². The summed E-state index contributed by atoms with van der Waals surface area (Å²) in [6.45, 7) is 5.12. The summed E-state index contributed by atoms with van der Waals surface area (Å²) in [7, 11) is 1.69. The van der Waals surface area contributed by atoms with Crippen molar-refractivity contribution < 1.29 is 9.18 Å².